The maximum atomic E-state index is 5.00. The zero-order valence-electron chi connectivity index (χ0n) is 29.4. The Morgan fingerprint density at radius 1 is 0.241 bits per heavy atom. The van der Waals surface area contributed by atoms with Gasteiger partial charge in [0.25, 0.3) is 0 Å². The maximum Gasteiger partial charge on any atom is 0.164 e. The van der Waals surface area contributed by atoms with Crippen molar-refractivity contribution in [1.29, 1.82) is 0 Å². The summed E-state index contributed by atoms with van der Waals surface area (Å²) in [7, 11) is 0. The first-order chi connectivity index (χ1) is 26.8. The highest BCUT2D eigenvalue weighted by Gasteiger charge is 2.22. The molecule has 0 aliphatic carbocycles. The van der Waals surface area contributed by atoms with E-state index in [2.05, 4.69) is 140 Å². The number of fused-ring (bicyclic) bond motifs is 6. The zero-order valence-corrected chi connectivity index (χ0v) is 29.4. The topological polar surface area (TPSA) is 38.7 Å². The summed E-state index contributed by atoms with van der Waals surface area (Å²) in [4.78, 5) is 14.9. The van der Waals surface area contributed by atoms with Crippen LogP contribution >= 0.6 is 0 Å². The smallest absolute Gasteiger partial charge is 0.164 e. The largest absolute Gasteiger partial charge is 0.208 e. The lowest BCUT2D eigenvalue weighted by atomic mass is 9.81. The minimum absolute atomic E-state index is 0.637. The Kier molecular flexibility index (Phi) is 7.81. The number of hydrogen-bond acceptors (Lipinski definition) is 3. The Labute approximate surface area is 313 Å². The lowest BCUT2D eigenvalue weighted by Gasteiger charge is -2.22. The van der Waals surface area contributed by atoms with Gasteiger partial charge >= 0.3 is 0 Å². The Hall–Kier alpha value is -7.23. The summed E-state index contributed by atoms with van der Waals surface area (Å²) in [6, 6.07) is 70.7. The van der Waals surface area contributed by atoms with Crippen LogP contribution in [-0.4, -0.2) is 15.0 Å². The van der Waals surface area contributed by atoms with Gasteiger partial charge < -0.3 is 0 Å². The molecular weight excluding hydrogens is 655 g/mol. The third-order valence-corrected chi connectivity index (χ3v) is 10.3. The minimum atomic E-state index is 0.637. The fraction of sp³-hybridized carbons (Fsp3) is 0. The maximum absolute atomic E-state index is 5.00. The molecule has 0 unspecified atom stereocenters. The van der Waals surface area contributed by atoms with Crippen molar-refractivity contribution in [2.24, 2.45) is 0 Å². The second-order valence-electron chi connectivity index (χ2n) is 13.5. The second-order valence-corrected chi connectivity index (χ2v) is 13.5. The zero-order chi connectivity index (χ0) is 35.8. The molecular formula is C51H33N3. The standard InChI is InChI=1S/C51H33N3/c1-5-17-34(18-6-1)45-33-44(46(36-19-7-2-8-20-36)48-43-28-16-14-26-41(43)40-25-13-15-27-42(40)47(45)48)35-29-31-39(32-30-35)51-53-49(37-21-9-3-10-22-37)52-50(54-51)38-23-11-4-12-24-38/h1-33H. The van der Waals surface area contributed by atoms with Crippen LogP contribution in [-0.2, 0) is 0 Å². The van der Waals surface area contributed by atoms with Crippen molar-refractivity contribution in [3.05, 3.63) is 200 Å². The van der Waals surface area contributed by atoms with Crippen molar-refractivity contribution in [3.63, 3.8) is 0 Å². The summed E-state index contributed by atoms with van der Waals surface area (Å²) >= 11 is 0. The van der Waals surface area contributed by atoms with Gasteiger partial charge in [-0.1, -0.05) is 194 Å². The summed E-state index contributed by atoms with van der Waals surface area (Å²) in [5.41, 5.74) is 9.92. The van der Waals surface area contributed by atoms with Gasteiger partial charge in [0, 0.05) is 16.7 Å². The predicted molar refractivity (Wildman–Crippen MR) is 225 cm³/mol. The van der Waals surface area contributed by atoms with Gasteiger partial charge in [0.1, 0.15) is 0 Å². The molecule has 0 aliphatic rings. The van der Waals surface area contributed by atoms with Crippen LogP contribution in [0.15, 0.2) is 200 Å². The highest BCUT2D eigenvalue weighted by Crippen LogP contribution is 2.49. The first-order valence-corrected chi connectivity index (χ1v) is 18.3. The molecule has 1 heterocycles. The van der Waals surface area contributed by atoms with E-state index in [1.54, 1.807) is 0 Å². The summed E-state index contributed by atoms with van der Waals surface area (Å²) in [6.07, 6.45) is 0. The van der Waals surface area contributed by atoms with Crippen LogP contribution in [0.3, 0.4) is 0 Å². The highest BCUT2D eigenvalue weighted by atomic mass is 15.0. The molecule has 1 aromatic heterocycles. The molecule has 0 spiro atoms. The van der Waals surface area contributed by atoms with E-state index in [9.17, 15) is 0 Å². The molecule has 10 aromatic rings. The van der Waals surface area contributed by atoms with Gasteiger partial charge in [-0.25, -0.2) is 15.0 Å². The molecule has 10 rings (SSSR count). The van der Waals surface area contributed by atoms with Crippen LogP contribution in [0.5, 0.6) is 0 Å². The Morgan fingerprint density at radius 3 is 1.06 bits per heavy atom. The number of aromatic nitrogens is 3. The number of nitrogens with zero attached hydrogens (tertiary/aromatic N) is 3. The van der Waals surface area contributed by atoms with E-state index in [4.69, 9.17) is 15.0 Å². The predicted octanol–water partition coefficient (Wildman–Crippen LogP) is 13.3. The molecule has 9 aromatic carbocycles. The van der Waals surface area contributed by atoms with Crippen molar-refractivity contribution < 1.29 is 0 Å². The molecule has 0 aliphatic heterocycles. The average Bonchev–Trinajstić information content (AvgIpc) is 3.27. The number of benzene rings is 9. The van der Waals surface area contributed by atoms with E-state index in [1.807, 2.05) is 60.7 Å². The van der Waals surface area contributed by atoms with Gasteiger partial charge in [-0.05, 0) is 71.8 Å². The molecule has 0 N–H and O–H groups in total. The molecule has 0 bridgehead atoms. The van der Waals surface area contributed by atoms with Crippen LogP contribution < -0.4 is 0 Å². The molecule has 3 nitrogen and oxygen atoms in total. The SMILES string of the molecule is c1ccc(-c2nc(-c3ccccc3)nc(-c3ccc(-c4cc(-c5ccccc5)c5c6ccccc6c6ccccc6c5c4-c4ccccc4)cc3)n2)cc1. The molecule has 3 heteroatoms. The Morgan fingerprint density at radius 2 is 0.574 bits per heavy atom. The van der Waals surface area contributed by atoms with Crippen molar-refractivity contribution >= 4 is 32.3 Å². The van der Waals surface area contributed by atoms with E-state index < -0.39 is 0 Å². The average molecular weight is 688 g/mol. The molecule has 252 valence electrons. The van der Waals surface area contributed by atoms with Gasteiger partial charge in [0.05, 0.1) is 0 Å². The molecule has 0 saturated carbocycles. The monoisotopic (exact) mass is 687 g/mol. The van der Waals surface area contributed by atoms with Crippen molar-refractivity contribution in [2.45, 2.75) is 0 Å². The van der Waals surface area contributed by atoms with Crippen LogP contribution in [0.25, 0.3) is 99.9 Å². The summed E-state index contributed by atoms with van der Waals surface area (Å²) < 4.78 is 0. The summed E-state index contributed by atoms with van der Waals surface area (Å²) in [5.74, 6) is 1.94. The van der Waals surface area contributed by atoms with Gasteiger partial charge in [-0.3, -0.25) is 0 Å². The van der Waals surface area contributed by atoms with Gasteiger partial charge in [0.15, 0.2) is 17.5 Å². The van der Waals surface area contributed by atoms with Gasteiger partial charge in [0.2, 0.25) is 0 Å². The van der Waals surface area contributed by atoms with E-state index in [0.717, 1.165) is 22.3 Å². The van der Waals surface area contributed by atoms with E-state index >= 15 is 0 Å². The Bertz CT molecular complexity index is 2880. The van der Waals surface area contributed by atoms with Gasteiger partial charge in [-0.2, -0.15) is 0 Å². The fourth-order valence-corrected chi connectivity index (χ4v) is 7.82. The van der Waals surface area contributed by atoms with Crippen LogP contribution in [0.1, 0.15) is 0 Å². The highest BCUT2D eigenvalue weighted by molar-refractivity contribution is 6.32. The quantitative estimate of drug-likeness (QED) is 0.163. The fourth-order valence-electron chi connectivity index (χ4n) is 7.82. The summed E-state index contributed by atoms with van der Waals surface area (Å²) in [5, 5.41) is 7.53. The first kappa shape index (κ1) is 31.5. The van der Waals surface area contributed by atoms with E-state index in [-0.39, 0.29) is 0 Å². The first-order valence-electron chi connectivity index (χ1n) is 18.3. The molecule has 0 saturated heterocycles. The van der Waals surface area contributed by atoms with Crippen LogP contribution in [0, 0.1) is 0 Å². The van der Waals surface area contributed by atoms with Crippen molar-refractivity contribution in [3.8, 4) is 67.5 Å². The van der Waals surface area contributed by atoms with E-state index in [0.29, 0.717) is 17.5 Å². The summed E-state index contributed by atoms with van der Waals surface area (Å²) in [6.45, 7) is 0. The molecule has 0 fully saturated rings. The normalized spacial score (nSPS) is 11.3. The van der Waals surface area contributed by atoms with Crippen molar-refractivity contribution in [2.75, 3.05) is 0 Å². The van der Waals surface area contributed by atoms with Crippen LogP contribution in [0.4, 0.5) is 0 Å². The van der Waals surface area contributed by atoms with Crippen molar-refractivity contribution in [1.82, 2.24) is 15.0 Å². The number of hydrogen-bond donors (Lipinski definition) is 0. The minimum Gasteiger partial charge on any atom is -0.208 e. The molecule has 0 atom stereocenters. The van der Waals surface area contributed by atoms with Gasteiger partial charge in [-0.15, -0.1) is 0 Å². The lowest BCUT2D eigenvalue weighted by molar-refractivity contribution is 1.07. The third-order valence-electron chi connectivity index (χ3n) is 10.3. The third kappa shape index (κ3) is 5.51. The molecule has 54 heavy (non-hydrogen) atoms. The lowest BCUT2D eigenvalue weighted by Crippen LogP contribution is -2.00. The Balaban J connectivity index is 1.24. The van der Waals surface area contributed by atoms with Crippen LogP contribution in [0.2, 0.25) is 0 Å². The van der Waals surface area contributed by atoms with E-state index in [1.165, 1.54) is 60.1 Å². The number of rotatable bonds is 6. The molecule has 0 amide bonds. The molecule has 0 radical (unpaired) electrons. The second kappa shape index (κ2) is 13.4.